The molecule has 112 valence electrons. The Balaban J connectivity index is 1.95. The van der Waals surface area contributed by atoms with Crippen molar-refractivity contribution in [2.45, 2.75) is 37.5 Å². The molecule has 1 aromatic rings. The standard InChI is InChI=1S/C13H22N4OS2/c1-4-19-9-6-5-8(7-9)15-12(18)10-11(14)16-13(20-10)17(2)3/h8-9H,4-7,14H2,1-3H3,(H,15,18). The van der Waals surface area contributed by atoms with E-state index in [0.29, 0.717) is 15.9 Å². The van der Waals surface area contributed by atoms with Crippen LogP contribution < -0.4 is 16.0 Å². The Morgan fingerprint density at radius 3 is 2.90 bits per heavy atom. The van der Waals surface area contributed by atoms with E-state index in [0.717, 1.165) is 23.7 Å². The number of hydrogen-bond acceptors (Lipinski definition) is 6. The third kappa shape index (κ3) is 3.58. The largest absolute Gasteiger partial charge is 0.382 e. The molecule has 0 radical (unpaired) electrons. The maximum Gasteiger partial charge on any atom is 0.265 e. The van der Waals surface area contributed by atoms with Crippen LogP contribution in [0.1, 0.15) is 35.9 Å². The first-order chi connectivity index (χ1) is 9.51. The zero-order valence-corrected chi connectivity index (χ0v) is 13.8. The lowest BCUT2D eigenvalue weighted by Crippen LogP contribution is -2.33. The lowest BCUT2D eigenvalue weighted by Gasteiger charge is -2.12. The van der Waals surface area contributed by atoms with Crippen LogP contribution >= 0.6 is 23.1 Å². The number of carbonyl (C=O) groups is 1. The van der Waals surface area contributed by atoms with Crippen molar-refractivity contribution in [3.8, 4) is 0 Å². The fourth-order valence-electron chi connectivity index (χ4n) is 2.38. The monoisotopic (exact) mass is 314 g/mol. The summed E-state index contributed by atoms with van der Waals surface area (Å²) in [7, 11) is 3.78. The highest BCUT2D eigenvalue weighted by molar-refractivity contribution is 7.99. The van der Waals surface area contributed by atoms with Gasteiger partial charge in [0.05, 0.1) is 0 Å². The second-order valence-electron chi connectivity index (χ2n) is 5.17. The molecular weight excluding hydrogens is 292 g/mol. The molecule has 1 aliphatic rings. The Hall–Kier alpha value is -0.950. The average Bonchev–Trinajstić information content (AvgIpc) is 2.96. The summed E-state index contributed by atoms with van der Waals surface area (Å²) in [6, 6.07) is 0.274. The van der Waals surface area contributed by atoms with Gasteiger partial charge in [0, 0.05) is 25.4 Å². The molecule has 5 nitrogen and oxygen atoms in total. The number of rotatable bonds is 5. The number of anilines is 2. The maximum atomic E-state index is 12.3. The van der Waals surface area contributed by atoms with Crippen LogP contribution in [0, 0.1) is 0 Å². The molecule has 0 spiro atoms. The van der Waals surface area contributed by atoms with Crippen molar-refractivity contribution >= 4 is 40.0 Å². The summed E-state index contributed by atoms with van der Waals surface area (Å²) in [5.41, 5.74) is 5.84. The van der Waals surface area contributed by atoms with Crippen LogP contribution in [0.15, 0.2) is 0 Å². The molecular formula is C13H22N4OS2. The summed E-state index contributed by atoms with van der Waals surface area (Å²) >= 11 is 3.33. The van der Waals surface area contributed by atoms with Gasteiger partial charge in [0.2, 0.25) is 0 Å². The maximum absolute atomic E-state index is 12.3. The quantitative estimate of drug-likeness (QED) is 0.872. The predicted octanol–water partition coefficient (Wildman–Crippen LogP) is 2.20. The van der Waals surface area contributed by atoms with E-state index in [-0.39, 0.29) is 11.9 Å². The normalized spacial score (nSPS) is 21.9. The van der Waals surface area contributed by atoms with Gasteiger partial charge in [0.25, 0.3) is 5.91 Å². The highest BCUT2D eigenvalue weighted by atomic mass is 32.2. The van der Waals surface area contributed by atoms with Crippen molar-refractivity contribution < 1.29 is 4.79 Å². The molecule has 3 N–H and O–H groups in total. The van der Waals surface area contributed by atoms with E-state index < -0.39 is 0 Å². The summed E-state index contributed by atoms with van der Waals surface area (Å²) in [6.07, 6.45) is 3.30. The van der Waals surface area contributed by atoms with E-state index in [1.54, 1.807) is 0 Å². The van der Waals surface area contributed by atoms with Gasteiger partial charge >= 0.3 is 0 Å². The van der Waals surface area contributed by atoms with E-state index in [9.17, 15) is 4.79 Å². The Morgan fingerprint density at radius 2 is 2.30 bits per heavy atom. The van der Waals surface area contributed by atoms with Crippen molar-refractivity contribution in [1.29, 1.82) is 0 Å². The average molecular weight is 314 g/mol. The van der Waals surface area contributed by atoms with Crippen molar-refractivity contribution in [2.24, 2.45) is 0 Å². The minimum absolute atomic E-state index is 0.0831. The van der Waals surface area contributed by atoms with E-state index in [1.165, 1.54) is 17.8 Å². The summed E-state index contributed by atoms with van der Waals surface area (Å²) in [5, 5.41) is 4.54. The van der Waals surface area contributed by atoms with Crippen LogP contribution in [-0.4, -0.2) is 42.0 Å². The van der Waals surface area contributed by atoms with E-state index in [1.807, 2.05) is 30.8 Å². The van der Waals surface area contributed by atoms with Gasteiger partial charge in [-0.2, -0.15) is 11.8 Å². The Morgan fingerprint density at radius 1 is 1.55 bits per heavy atom. The van der Waals surface area contributed by atoms with Crippen molar-refractivity contribution in [2.75, 3.05) is 30.5 Å². The van der Waals surface area contributed by atoms with Gasteiger partial charge in [-0.05, 0) is 25.0 Å². The minimum atomic E-state index is -0.0831. The van der Waals surface area contributed by atoms with E-state index in [4.69, 9.17) is 5.73 Å². The highest BCUT2D eigenvalue weighted by Crippen LogP contribution is 2.31. The zero-order chi connectivity index (χ0) is 14.7. The van der Waals surface area contributed by atoms with E-state index >= 15 is 0 Å². The topological polar surface area (TPSA) is 71.2 Å². The number of aromatic nitrogens is 1. The first kappa shape index (κ1) is 15.4. The number of thioether (sulfide) groups is 1. The molecule has 0 saturated heterocycles. The molecule has 1 aromatic heterocycles. The fourth-order valence-corrected chi connectivity index (χ4v) is 4.34. The third-order valence-electron chi connectivity index (χ3n) is 3.35. The molecule has 2 atom stereocenters. The molecule has 7 heteroatoms. The number of carbonyl (C=O) groups excluding carboxylic acids is 1. The second kappa shape index (κ2) is 6.67. The molecule has 0 bridgehead atoms. The molecule has 20 heavy (non-hydrogen) atoms. The van der Waals surface area contributed by atoms with Gasteiger partial charge < -0.3 is 16.0 Å². The van der Waals surface area contributed by atoms with Gasteiger partial charge in [-0.1, -0.05) is 18.3 Å². The summed E-state index contributed by atoms with van der Waals surface area (Å²) in [4.78, 5) is 18.9. The van der Waals surface area contributed by atoms with Crippen molar-refractivity contribution in [3.05, 3.63) is 4.88 Å². The Labute approximate surface area is 128 Å². The lowest BCUT2D eigenvalue weighted by atomic mass is 10.2. The number of nitrogens with zero attached hydrogens (tertiary/aromatic N) is 2. The van der Waals surface area contributed by atoms with Crippen LogP contribution in [0.3, 0.4) is 0 Å². The van der Waals surface area contributed by atoms with Crippen LogP contribution in [0.25, 0.3) is 0 Å². The number of thiazole rings is 1. The predicted molar refractivity (Wildman–Crippen MR) is 87.9 cm³/mol. The summed E-state index contributed by atoms with van der Waals surface area (Å²) in [6.45, 7) is 2.18. The first-order valence-electron chi connectivity index (χ1n) is 6.87. The molecule has 2 rings (SSSR count). The van der Waals surface area contributed by atoms with Gasteiger partial charge in [0.1, 0.15) is 10.7 Å². The molecule has 2 unspecified atom stereocenters. The molecule has 0 aliphatic heterocycles. The molecule has 1 heterocycles. The van der Waals surface area contributed by atoms with Gasteiger partial charge in [-0.15, -0.1) is 0 Å². The third-order valence-corrected chi connectivity index (χ3v) is 5.82. The molecule has 0 aromatic carbocycles. The number of nitrogen functional groups attached to an aromatic ring is 1. The number of hydrogen-bond donors (Lipinski definition) is 2. The van der Waals surface area contributed by atoms with Crippen LogP contribution in [0.2, 0.25) is 0 Å². The van der Waals surface area contributed by atoms with Gasteiger partial charge in [0.15, 0.2) is 5.13 Å². The van der Waals surface area contributed by atoms with Crippen LogP contribution in [0.4, 0.5) is 10.9 Å². The van der Waals surface area contributed by atoms with Crippen molar-refractivity contribution in [1.82, 2.24) is 10.3 Å². The van der Waals surface area contributed by atoms with Crippen LogP contribution in [0.5, 0.6) is 0 Å². The highest BCUT2D eigenvalue weighted by Gasteiger charge is 2.27. The van der Waals surface area contributed by atoms with Gasteiger partial charge in [-0.3, -0.25) is 4.79 Å². The molecule has 1 saturated carbocycles. The smallest absolute Gasteiger partial charge is 0.265 e. The summed E-state index contributed by atoms with van der Waals surface area (Å²) in [5.74, 6) is 1.38. The Bertz CT molecular complexity index is 475. The lowest BCUT2D eigenvalue weighted by molar-refractivity contribution is 0.0943. The van der Waals surface area contributed by atoms with E-state index in [2.05, 4.69) is 17.2 Å². The zero-order valence-electron chi connectivity index (χ0n) is 12.2. The number of nitrogens with two attached hydrogens (primary N) is 1. The first-order valence-corrected chi connectivity index (χ1v) is 8.73. The molecule has 1 fully saturated rings. The number of amides is 1. The number of nitrogens with one attached hydrogen (secondary N) is 1. The second-order valence-corrected chi connectivity index (χ2v) is 7.72. The summed E-state index contributed by atoms with van der Waals surface area (Å²) < 4.78 is 0. The SMILES string of the molecule is CCSC1CCC(NC(=O)c2sc(N(C)C)nc2N)C1. The Kier molecular flexibility index (Phi) is 5.15. The molecule has 1 aliphatic carbocycles. The minimum Gasteiger partial charge on any atom is -0.382 e. The van der Waals surface area contributed by atoms with Crippen molar-refractivity contribution in [3.63, 3.8) is 0 Å². The molecule has 1 amide bonds. The van der Waals surface area contributed by atoms with Gasteiger partial charge in [-0.25, -0.2) is 4.98 Å². The van der Waals surface area contributed by atoms with Crippen LogP contribution in [-0.2, 0) is 0 Å². The fraction of sp³-hybridized carbons (Fsp3) is 0.692.